The number of hydrogen-bond acceptors (Lipinski definition) is 4. The van der Waals surface area contributed by atoms with Crippen LogP contribution in [-0.2, 0) is 0 Å². The van der Waals surface area contributed by atoms with Gasteiger partial charge in [0, 0.05) is 42.8 Å². The Morgan fingerprint density at radius 3 is 2.14 bits per heavy atom. The first-order valence-electron chi connectivity index (χ1n) is 11.2. The maximum absolute atomic E-state index is 13.3. The van der Waals surface area contributed by atoms with Crippen LogP contribution in [0.4, 0.5) is 15.8 Å². The standard InChI is InChI=1S/C12H17FN2.C9H19NS.C2H6/c1-14-11-7-10(13)8-12(9-11)15-5-3-2-4-6-15;1-8(2)11-10-9-6-4-3-5-7-9;1-2/h7-9,14H,2-6H2,1H3;8-10H,3-7H2,1-2H3;1-2H3. The Labute approximate surface area is 177 Å². The summed E-state index contributed by atoms with van der Waals surface area (Å²) in [6.07, 6.45) is 10.8. The minimum Gasteiger partial charge on any atom is -0.388 e. The van der Waals surface area contributed by atoms with Gasteiger partial charge in [0.2, 0.25) is 0 Å². The van der Waals surface area contributed by atoms with Crippen LogP contribution in [0.25, 0.3) is 0 Å². The highest BCUT2D eigenvalue weighted by Gasteiger charge is 2.13. The van der Waals surface area contributed by atoms with Crippen molar-refractivity contribution in [2.45, 2.75) is 90.4 Å². The first-order chi connectivity index (χ1) is 13.6. The van der Waals surface area contributed by atoms with Gasteiger partial charge in [-0.1, -0.05) is 58.9 Å². The van der Waals surface area contributed by atoms with Gasteiger partial charge < -0.3 is 10.2 Å². The summed E-state index contributed by atoms with van der Waals surface area (Å²) >= 11 is 1.89. The average molecular weight is 412 g/mol. The summed E-state index contributed by atoms with van der Waals surface area (Å²) in [5.74, 6) is -0.164. The second-order valence-corrected chi connectivity index (χ2v) is 9.03. The van der Waals surface area contributed by atoms with Crippen molar-refractivity contribution in [3.8, 4) is 0 Å². The van der Waals surface area contributed by atoms with Crippen LogP contribution in [0.3, 0.4) is 0 Å². The molecular formula is C23H42FN3S. The Kier molecular flexibility index (Phi) is 13.4. The molecule has 162 valence electrons. The molecule has 0 amide bonds. The van der Waals surface area contributed by atoms with E-state index in [0.717, 1.165) is 35.8 Å². The van der Waals surface area contributed by atoms with E-state index < -0.39 is 0 Å². The smallest absolute Gasteiger partial charge is 0.127 e. The Balaban J connectivity index is 0.000000268. The Morgan fingerprint density at radius 1 is 0.964 bits per heavy atom. The summed E-state index contributed by atoms with van der Waals surface area (Å²) in [5, 5.41) is 3.70. The number of nitrogens with zero attached hydrogens (tertiary/aromatic N) is 1. The monoisotopic (exact) mass is 411 g/mol. The molecular weight excluding hydrogens is 369 g/mol. The molecule has 1 saturated heterocycles. The van der Waals surface area contributed by atoms with Gasteiger partial charge in [0.05, 0.1) is 0 Å². The zero-order valence-corrected chi connectivity index (χ0v) is 19.5. The molecule has 2 fully saturated rings. The van der Waals surface area contributed by atoms with Crippen molar-refractivity contribution in [2.24, 2.45) is 0 Å². The van der Waals surface area contributed by atoms with Gasteiger partial charge in [0.25, 0.3) is 0 Å². The highest BCUT2D eigenvalue weighted by molar-refractivity contribution is 7.98. The Bertz CT molecular complexity index is 513. The largest absolute Gasteiger partial charge is 0.388 e. The lowest BCUT2D eigenvalue weighted by Gasteiger charge is -2.29. The zero-order chi connectivity index (χ0) is 20.8. The minimum absolute atomic E-state index is 0.164. The van der Waals surface area contributed by atoms with Gasteiger partial charge >= 0.3 is 0 Å². The molecule has 2 aliphatic rings. The Hall–Kier alpha value is -0.940. The Morgan fingerprint density at radius 2 is 1.57 bits per heavy atom. The van der Waals surface area contributed by atoms with E-state index in [0.29, 0.717) is 0 Å². The van der Waals surface area contributed by atoms with Crippen molar-refractivity contribution < 1.29 is 4.39 Å². The SMILES string of the molecule is CC.CC(C)SNC1CCCCC1.CNc1cc(F)cc(N2CCCCC2)c1. The van der Waals surface area contributed by atoms with E-state index in [-0.39, 0.29) is 5.82 Å². The van der Waals surface area contributed by atoms with Gasteiger partial charge in [-0.3, -0.25) is 4.72 Å². The molecule has 1 aliphatic carbocycles. The molecule has 0 bridgehead atoms. The number of hydrogen-bond donors (Lipinski definition) is 2. The summed E-state index contributed by atoms with van der Waals surface area (Å²) in [6, 6.07) is 5.95. The predicted molar refractivity (Wildman–Crippen MR) is 126 cm³/mol. The van der Waals surface area contributed by atoms with Gasteiger partial charge in [-0.2, -0.15) is 0 Å². The van der Waals surface area contributed by atoms with Crippen LogP contribution >= 0.6 is 11.9 Å². The summed E-state index contributed by atoms with van der Waals surface area (Å²) in [7, 11) is 1.81. The fourth-order valence-electron chi connectivity index (χ4n) is 3.51. The maximum Gasteiger partial charge on any atom is 0.127 e. The first kappa shape index (κ1) is 25.1. The van der Waals surface area contributed by atoms with E-state index in [1.165, 1.54) is 57.4 Å². The normalized spacial score (nSPS) is 17.3. The molecule has 0 radical (unpaired) electrons. The van der Waals surface area contributed by atoms with E-state index in [2.05, 4.69) is 28.8 Å². The molecule has 0 spiro atoms. The van der Waals surface area contributed by atoms with Crippen molar-refractivity contribution in [3.05, 3.63) is 24.0 Å². The fourth-order valence-corrected chi connectivity index (χ4v) is 4.21. The van der Waals surface area contributed by atoms with Crippen LogP contribution in [0.5, 0.6) is 0 Å². The van der Waals surface area contributed by atoms with Crippen LogP contribution < -0.4 is 14.9 Å². The van der Waals surface area contributed by atoms with Crippen molar-refractivity contribution in [1.82, 2.24) is 4.72 Å². The number of piperidine rings is 1. The summed E-state index contributed by atoms with van der Waals surface area (Å²) in [6.45, 7) is 10.6. The third kappa shape index (κ3) is 10.0. The summed E-state index contributed by atoms with van der Waals surface area (Å²) in [5.41, 5.74) is 1.84. The summed E-state index contributed by atoms with van der Waals surface area (Å²) < 4.78 is 16.8. The van der Waals surface area contributed by atoms with E-state index in [4.69, 9.17) is 0 Å². The summed E-state index contributed by atoms with van der Waals surface area (Å²) in [4.78, 5) is 2.26. The fraction of sp³-hybridized carbons (Fsp3) is 0.739. The number of anilines is 2. The topological polar surface area (TPSA) is 27.3 Å². The quantitative estimate of drug-likeness (QED) is 0.518. The number of nitrogens with one attached hydrogen (secondary N) is 2. The highest BCUT2D eigenvalue weighted by atomic mass is 32.2. The molecule has 28 heavy (non-hydrogen) atoms. The number of halogens is 1. The van der Waals surface area contributed by atoms with Gasteiger partial charge in [-0.25, -0.2) is 4.39 Å². The lowest BCUT2D eigenvalue weighted by molar-refractivity contribution is 0.423. The molecule has 3 nitrogen and oxygen atoms in total. The second-order valence-electron chi connectivity index (χ2n) is 7.62. The van der Waals surface area contributed by atoms with E-state index in [1.54, 1.807) is 6.07 Å². The van der Waals surface area contributed by atoms with E-state index in [9.17, 15) is 4.39 Å². The van der Waals surface area contributed by atoms with Crippen molar-refractivity contribution in [3.63, 3.8) is 0 Å². The van der Waals surface area contributed by atoms with Gasteiger partial charge in [0.1, 0.15) is 5.82 Å². The zero-order valence-electron chi connectivity index (χ0n) is 18.7. The van der Waals surface area contributed by atoms with E-state index in [1.807, 2.05) is 38.9 Å². The van der Waals surface area contributed by atoms with E-state index >= 15 is 0 Å². The highest BCUT2D eigenvalue weighted by Crippen LogP contribution is 2.24. The average Bonchev–Trinajstić information content (AvgIpc) is 2.75. The molecule has 1 aliphatic heterocycles. The second kappa shape index (κ2) is 15.0. The first-order valence-corrected chi connectivity index (χ1v) is 12.1. The van der Waals surface area contributed by atoms with Crippen LogP contribution in [0.15, 0.2) is 18.2 Å². The molecule has 0 unspecified atom stereocenters. The lowest BCUT2D eigenvalue weighted by atomic mass is 9.96. The molecule has 2 N–H and O–H groups in total. The molecule has 5 heteroatoms. The molecule has 1 aromatic rings. The predicted octanol–water partition coefficient (Wildman–Crippen LogP) is 6.85. The third-order valence-corrected chi connectivity index (χ3v) is 5.91. The van der Waals surface area contributed by atoms with Crippen molar-refractivity contribution in [1.29, 1.82) is 0 Å². The molecule has 3 rings (SSSR count). The minimum atomic E-state index is -0.164. The van der Waals surface area contributed by atoms with Crippen molar-refractivity contribution >= 4 is 23.3 Å². The van der Waals surface area contributed by atoms with Crippen LogP contribution in [0.1, 0.15) is 79.1 Å². The number of rotatable bonds is 5. The van der Waals surface area contributed by atoms with Crippen LogP contribution in [0.2, 0.25) is 0 Å². The van der Waals surface area contributed by atoms with Crippen molar-refractivity contribution in [2.75, 3.05) is 30.4 Å². The molecule has 0 atom stereocenters. The number of benzene rings is 1. The van der Waals surface area contributed by atoms with Gasteiger partial charge in [-0.05, 0) is 50.3 Å². The van der Waals surface area contributed by atoms with Gasteiger partial charge in [-0.15, -0.1) is 0 Å². The maximum atomic E-state index is 13.3. The third-order valence-electron chi connectivity index (χ3n) is 4.97. The van der Waals surface area contributed by atoms with Crippen LogP contribution in [-0.4, -0.2) is 31.4 Å². The molecule has 0 aromatic heterocycles. The molecule has 1 heterocycles. The molecule has 1 saturated carbocycles. The van der Waals surface area contributed by atoms with Gasteiger partial charge in [0.15, 0.2) is 0 Å². The molecule has 1 aromatic carbocycles. The lowest BCUT2D eigenvalue weighted by Crippen LogP contribution is -2.29. The van der Waals surface area contributed by atoms with Crippen LogP contribution in [0, 0.1) is 5.82 Å².